The lowest BCUT2D eigenvalue weighted by Crippen LogP contribution is -1.98. The number of halogens is 1. The molecule has 21 heavy (non-hydrogen) atoms. The van der Waals surface area contributed by atoms with Gasteiger partial charge in [0.1, 0.15) is 0 Å². The molecule has 0 unspecified atom stereocenters. The van der Waals surface area contributed by atoms with Crippen LogP contribution in [0.25, 0.3) is 5.69 Å². The fraction of sp³-hybridized carbons (Fsp3) is 0.118. The summed E-state index contributed by atoms with van der Waals surface area (Å²) in [5.41, 5.74) is 4.60. The zero-order chi connectivity index (χ0) is 14.7. The van der Waals surface area contributed by atoms with E-state index in [-0.39, 0.29) is 0 Å². The molecule has 3 nitrogen and oxygen atoms in total. The highest BCUT2D eigenvalue weighted by Gasteiger charge is 2.01. The summed E-state index contributed by atoms with van der Waals surface area (Å²) in [4.78, 5) is 0. The van der Waals surface area contributed by atoms with Crippen molar-refractivity contribution in [2.24, 2.45) is 0 Å². The van der Waals surface area contributed by atoms with Gasteiger partial charge in [-0.3, -0.25) is 0 Å². The number of benzene rings is 2. The van der Waals surface area contributed by atoms with Crippen molar-refractivity contribution in [2.75, 3.05) is 5.32 Å². The van der Waals surface area contributed by atoms with Gasteiger partial charge in [0.25, 0.3) is 0 Å². The van der Waals surface area contributed by atoms with Crippen molar-refractivity contribution in [3.05, 3.63) is 76.5 Å². The predicted molar refractivity (Wildman–Crippen MR) is 89.8 cm³/mol. The zero-order valence-corrected chi connectivity index (χ0v) is 13.3. The van der Waals surface area contributed by atoms with Crippen LogP contribution in [0.4, 0.5) is 5.69 Å². The first-order valence-electron chi connectivity index (χ1n) is 6.81. The SMILES string of the molecule is Cc1ccc(NCc2cnn(-c3ccc(Br)cc3)c2)cc1. The normalized spacial score (nSPS) is 10.6. The van der Waals surface area contributed by atoms with Crippen LogP contribution >= 0.6 is 15.9 Å². The Morgan fingerprint density at radius 2 is 1.76 bits per heavy atom. The van der Waals surface area contributed by atoms with Crippen molar-refractivity contribution in [2.45, 2.75) is 13.5 Å². The molecule has 0 spiro atoms. The standard InChI is InChI=1S/C17H16BrN3/c1-13-2-6-16(7-3-13)19-10-14-11-20-21(12-14)17-8-4-15(18)5-9-17/h2-9,11-12,19H,10H2,1H3. The quantitative estimate of drug-likeness (QED) is 0.754. The fourth-order valence-electron chi connectivity index (χ4n) is 2.06. The highest BCUT2D eigenvalue weighted by Crippen LogP contribution is 2.15. The van der Waals surface area contributed by atoms with E-state index in [9.17, 15) is 0 Å². The molecule has 0 aliphatic rings. The first kappa shape index (κ1) is 13.9. The van der Waals surface area contributed by atoms with Gasteiger partial charge in [0, 0.05) is 28.5 Å². The zero-order valence-electron chi connectivity index (χ0n) is 11.8. The van der Waals surface area contributed by atoms with E-state index in [2.05, 4.69) is 57.5 Å². The van der Waals surface area contributed by atoms with Crippen LogP contribution in [0.3, 0.4) is 0 Å². The Bertz CT molecular complexity index is 715. The van der Waals surface area contributed by atoms with E-state index in [1.54, 1.807) is 0 Å². The van der Waals surface area contributed by atoms with E-state index in [1.807, 2.05) is 41.3 Å². The first-order chi connectivity index (χ1) is 10.2. The van der Waals surface area contributed by atoms with Gasteiger partial charge in [-0.15, -0.1) is 0 Å². The molecule has 4 heteroatoms. The van der Waals surface area contributed by atoms with E-state index < -0.39 is 0 Å². The number of hydrogen-bond acceptors (Lipinski definition) is 2. The summed E-state index contributed by atoms with van der Waals surface area (Å²) in [5, 5.41) is 7.81. The molecule has 1 heterocycles. The lowest BCUT2D eigenvalue weighted by atomic mass is 10.2. The average Bonchev–Trinajstić information content (AvgIpc) is 2.96. The van der Waals surface area contributed by atoms with E-state index in [0.717, 1.165) is 28.0 Å². The van der Waals surface area contributed by atoms with Crippen LogP contribution in [0.15, 0.2) is 65.4 Å². The van der Waals surface area contributed by atoms with Crippen molar-refractivity contribution < 1.29 is 0 Å². The molecule has 0 fully saturated rings. The van der Waals surface area contributed by atoms with E-state index >= 15 is 0 Å². The molecule has 0 radical (unpaired) electrons. The van der Waals surface area contributed by atoms with E-state index in [1.165, 1.54) is 5.56 Å². The fourth-order valence-corrected chi connectivity index (χ4v) is 2.33. The van der Waals surface area contributed by atoms with Gasteiger partial charge in [0.2, 0.25) is 0 Å². The molecule has 0 aliphatic carbocycles. The van der Waals surface area contributed by atoms with Gasteiger partial charge in [-0.25, -0.2) is 4.68 Å². The van der Waals surface area contributed by atoms with Gasteiger partial charge >= 0.3 is 0 Å². The third-order valence-corrected chi connectivity index (χ3v) is 3.80. The summed E-state index contributed by atoms with van der Waals surface area (Å²) in [5.74, 6) is 0. The van der Waals surface area contributed by atoms with Gasteiger partial charge in [0.05, 0.1) is 11.9 Å². The Morgan fingerprint density at radius 1 is 1.05 bits per heavy atom. The molecule has 2 aromatic carbocycles. The third kappa shape index (κ3) is 3.52. The summed E-state index contributed by atoms with van der Waals surface area (Å²) in [7, 11) is 0. The van der Waals surface area contributed by atoms with Gasteiger partial charge in [-0.2, -0.15) is 5.10 Å². The monoisotopic (exact) mass is 341 g/mol. The maximum Gasteiger partial charge on any atom is 0.0646 e. The van der Waals surface area contributed by atoms with Gasteiger partial charge in [-0.05, 0) is 43.3 Å². The van der Waals surface area contributed by atoms with Crippen molar-refractivity contribution in [1.82, 2.24) is 9.78 Å². The highest BCUT2D eigenvalue weighted by molar-refractivity contribution is 9.10. The topological polar surface area (TPSA) is 29.9 Å². The number of aromatic nitrogens is 2. The van der Waals surface area contributed by atoms with Crippen LogP contribution in [0.5, 0.6) is 0 Å². The average molecular weight is 342 g/mol. The van der Waals surface area contributed by atoms with Crippen molar-refractivity contribution in [3.63, 3.8) is 0 Å². The number of nitrogens with zero attached hydrogens (tertiary/aromatic N) is 2. The second-order valence-electron chi connectivity index (χ2n) is 4.99. The molecule has 3 rings (SSSR count). The summed E-state index contributed by atoms with van der Waals surface area (Å²) >= 11 is 3.44. The molecule has 0 aliphatic heterocycles. The van der Waals surface area contributed by atoms with Crippen LogP contribution in [-0.2, 0) is 6.54 Å². The summed E-state index contributed by atoms with van der Waals surface area (Å²) in [6, 6.07) is 16.5. The molecule has 0 amide bonds. The molecule has 1 N–H and O–H groups in total. The second kappa shape index (κ2) is 6.14. The molecule has 0 atom stereocenters. The maximum atomic E-state index is 4.40. The lowest BCUT2D eigenvalue weighted by molar-refractivity contribution is 0.879. The van der Waals surface area contributed by atoms with E-state index in [0.29, 0.717) is 0 Å². The van der Waals surface area contributed by atoms with Gasteiger partial charge in [-0.1, -0.05) is 33.6 Å². The predicted octanol–water partition coefficient (Wildman–Crippen LogP) is 4.56. The van der Waals surface area contributed by atoms with Crippen LogP contribution in [0, 0.1) is 6.92 Å². The van der Waals surface area contributed by atoms with Gasteiger partial charge < -0.3 is 5.32 Å². The Hall–Kier alpha value is -2.07. The molecule has 3 aromatic rings. The minimum atomic E-state index is 0.763. The van der Waals surface area contributed by atoms with E-state index in [4.69, 9.17) is 0 Å². The maximum absolute atomic E-state index is 4.40. The number of nitrogens with one attached hydrogen (secondary N) is 1. The first-order valence-corrected chi connectivity index (χ1v) is 7.60. The molecular weight excluding hydrogens is 326 g/mol. The van der Waals surface area contributed by atoms with Crippen LogP contribution in [0.2, 0.25) is 0 Å². The number of anilines is 1. The molecule has 1 aromatic heterocycles. The third-order valence-electron chi connectivity index (χ3n) is 3.28. The van der Waals surface area contributed by atoms with Crippen LogP contribution in [-0.4, -0.2) is 9.78 Å². The Labute approximate surface area is 132 Å². The molecule has 0 saturated heterocycles. The molecule has 106 valence electrons. The highest BCUT2D eigenvalue weighted by atomic mass is 79.9. The lowest BCUT2D eigenvalue weighted by Gasteiger charge is -2.05. The van der Waals surface area contributed by atoms with Crippen molar-refractivity contribution in [3.8, 4) is 5.69 Å². The Kier molecular flexibility index (Phi) is 4.06. The summed E-state index contributed by atoms with van der Waals surface area (Å²) < 4.78 is 2.96. The molecule has 0 saturated carbocycles. The van der Waals surface area contributed by atoms with Crippen LogP contribution in [0.1, 0.15) is 11.1 Å². The number of hydrogen-bond donors (Lipinski definition) is 1. The molecular formula is C17H16BrN3. The Morgan fingerprint density at radius 3 is 2.48 bits per heavy atom. The number of aryl methyl sites for hydroxylation is 1. The summed E-state index contributed by atoms with van der Waals surface area (Å²) in [6.45, 7) is 2.85. The minimum Gasteiger partial charge on any atom is -0.381 e. The largest absolute Gasteiger partial charge is 0.381 e. The smallest absolute Gasteiger partial charge is 0.0646 e. The Balaban J connectivity index is 1.67. The van der Waals surface area contributed by atoms with Crippen molar-refractivity contribution >= 4 is 21.6 Å². The summed E-state index contributed by atoms with van der Waals surface area (Å²) in [6.07, 6.45) is 3.94. The second-order valence-corrected chi connectivity index (χ2v) is 5.90. The minimum absolute atomic E-state index is 0.763. The van der Waals surface area contributed by atoms with Gasteiger partial charge in [0.15, 0.2) is 0 Å². The van der Waals surface area contributed by atoms with Crippen molar-refractivity contribution in [1.29, 1.82) is 0 Å². The van der Waals surface area contributed by atoms with Crippen LogP contribution < -0.4 is 5.32 Å². The number of rotatable bonds is 4. The molecule has 0 bridgehead atoms.